The summed E-state index contributed by atoms with van der Waals surface area (Å²) in [4.78, 5) is 25.6. The Morgan fingerprint density at radius 2 is 1.83 bits per heavy atom. The number of nitrogens with zero attached hydrogens (tertiary/aromatic N) is 3. The van der Waals surface area contributed by atoms with Gasteiger partial charge in [-0.05, 0) is 56.5 Å². The number of amides is 1. The minimum Gasteiger partial charge on any atom is -0.497 e. The molecule has 1 aromatic heterocycles. The van der Waals surface area contributed by atoms with Crippen molar-refractivity contribution in [3.63, 3.8) is 0 Å². The lowest BCUT2D eigenvalue weighted by atomic mass is 10.1. The molecule has 4 rings (SSSR count). The molecule has 0 unspecified atom stereocenters. The van der Waals surface area contributed by atoms with Gasteiger partial charge in [-0.1, -0.05) is 18.2 Å². The molecule has 2 aromatic carbocycles. The fraction of sp³-hybridized carbons (Fsp3) is 0.320. The van der Waals surface area contributed by atoms with Gasteiger partial charge >= 0.3 is 0 Å². The van der Waals surface area contributed by atoms with Crippen molar-refractivity contribution in [2.75, 3.05) is 25.5 Å². The maximum atomic E-state index is 13.2. The van der Waals surface area contributed by atoms with Crippen LogP contribution in [0.15, 0.2) is 64.3 Å². The standard InChI is InChI=1S/C25H28N4O5S/c1-17-9-10-19(15-23(17)35(32,33)28-13-4-5-14-28)22-11-12-24(30)29(27-22)18(2)25(31)26-20-7-6-8-21(16-20)34-3/h6-12,15-16,18H,4-5,13-14H2,1-3H3,(H,26,31)/t18-/m0/s1. The molecule has 0 bridgehead atoms. The molecule has 0 saturated carbocycles. The lowest BCUT2D eigenvalue weighted by molar-refractivity contribution is -0.119. The molecule has 9 nitrogen and oxygen atoms in total. The number of benzene rings is 2. The zero-order chi connectivity index (χ0) is 25.2. The van der Waals surface area contributed by atoms with Crippen LogP contribution in [0.2, 0.25) is 0 Å². The highest BCUT2D eigenvalue weighted by molar-refractivity contribution is 7.89. The molecule has 1 atom stereocenters. The normalized spacial score (nSPS) is 15.1. The van der Waals surface area contributed by atoms with Crippen molar-refractivity contribution < 1.29 is 17.9 Å². The van der Waals surface area contributed by atoms with Crippen molar-refractivity contribution in [2.24, 2.45) is 0 Å². The summed E-state index contributed by atoms with van der Waals surface area (Å²) < 4.78 is 34.1. The van der Waals surface area contributed by atoms with E-state index in [2.05, 4.69) is 10.4 Å². The number of ether oxygens (including phenoxy) is 1. The quantitative estimate of drug-likeness (QED) is 0.538. The predicted octanol–water partition coefficient (Wildman–Crippen LogP) is 3.21. The van der Waals surface area contributed by atoms with Crippen LogP contribution in [-0.2, 0) is 14.8 Å². The molecule has 1 aliphatic rings. The van der Waals surface area contributed by atoms with Gasteiger partial charge in [0.15, 0.2) is 0 Å². The molecule has 0 aliphatic carbocycles. The number of anilines is 1. The van der Waals surface area contributed by atoms with Gasteiger partial charge in [-0.15, -0.1) is 0 Å². The molecule has 1 aliphatic heterocycles. The highest BCUT2D eigenvalue weighted by Gasteiger charge is 2.29. The minimum absolute atomic E-state index is 0.222. The average molecular weight is 497 g/mol. The Labute approximate surface area is 204 Å². The molecule has 1 N–H and O–H groups in total. The van der Waals surface area contributed by atoms with Crippen molar-refractivity contribution in [1.82, 2.24) is 14.1 Å². The van der Waals surface area contributed by atoms with Crippen LogP contribution in [0.1, 0.15) is 31.4 Å². The molecule has 0 radical (unpaired) electrons. The second-order valence-corrected chi connectivity index (χ2v) is 10.4. The van der Waals surface area contributed by atoms with Crippen LogP contribution in [0.3, 0.4) is 0 Å². The predicted molar refractivity (Wildman–Crippen MR) is 133 cm³/mol. The Kier molecular flexibility index (Phi) is 7.04. The van der Waals surface area contributed by atoms with E-state index in [1.807, 2.05) is 0 Å². The Balaban J connectivity index is 1.64. The number of hydrogen-bond donors (Lipinski definition) is 1. The summed E-state index contributed by atoms with van der Waals surface area (Å²) in [6.07, 6.45) is 1.69. The van der Waals surface area contributed by atoms with Gasteiger partial charge in [-0.2, -0.15) is 9.40 Å². The van der Waals surface area contributed by atoms with Gasteiger partial charge in [0.2, 0.25) is 15.9 Å². The highest BCUT2D eigenvalue weighted by Crippen LogP contribution is 2.28. The maximum Gasteiger partial charge on any atom is 0.267 e. The Morgan fingerprint density at radius 3 is 2.54 bits per heavy atom. The zero-order valence-corrected chi connectivity index (χ0v) is 20.7. The van der Waals surface area contributed by atoms with E-state index in [-0.39, 0.29) is 4.90 Å². The number of methoxy groups -OCH3 is 1. The van der Waals surface area contributed by atoms with Gasteiger partial charge in [-0.25, -0.2) is 13.1 Å². The Morgan fingerprint density at radius 1 is 1.09 bits per heavy atom. The number of hydrogen-bond acceptors (Lipinski definition) is 6. The summed E-state index contributed by atoms with van der Waals surface area (Å²) in [5.74, 6) is 0.165. The molecule has 35 heavy (non-hydrogen) atoms. The number of aryl methyl sites for hydroxylation is 1. The number of sulfonamides is 1. The first kappa shape index (κ1) is 24.6. The van der Waals surface area contributed by atoms with Crippen molar-refractivity contribution in [1.29, 1.82) is 0 Å². The van der Waals surface area contributed by atoms with Crippen molar-refractivity contribution in [3.8, 4) is 17.0 Å². The van der Waals surface area contributed by atoms with E-state index in [0.717, 1.165) is 17.5 Å². The lowest BCUT2D eigenvalue weighted by Crippen LogP contribution is -2.33. The molecule has 1 amide bonds. The van der Waals surface area contributed by atoms with E-state index in [0.29, 0.717) is 41.3 Å². The van der Waals surface area contributed by atoms with Gasteiger partial charge in [-0.3, -0.25) is 9.59 Å². The third-order valence-electron chi connectivity index (χ3n) is 6.08. The van der Waals surface area contributed by atoms with Crippen LogP contribution in [0.4, 0.5) is 5.69 Å². The molecule has 10 heteroatoms. The van der Waals surface area contributed by atoms with Crippen LogP contribution >= 0.6 is 0 Å². The lowest BCUT2D eigenvalue weighted by Gasteiger charge is -2.18. The molecule has 1 fully saturated rings. The largest absolute Gasteiger partial charge is 0.497 e. The monoisotopic (exact) mass is 496 g/mol. The minimum atomic E-state index is -3.63. The van der Waals surface area contributed by atoms with E-state index >= 15 is 0 Å². The summed E-state index contributed by atoms with van der Waals surface area (Å²) in [5, 5.41) is 7.17. The van der Waals surface area contributed by atoms with Gasteiger partial charge < -0.3 is 10.1 Å². The summed E-state index contributed by atoms with van der Waals surface area (Å²) in [6, 6.07) is 13.9. The SMILES string of the molecule is COc1cccc(NC(=O)[C@H](C)n2nc(-c3ccc(C)c(S(=O)(=O)N4CCCC4)c3)ccc2=O)c1. The van der Waals surface area contributed by atoms with Gasteiger partial charge in [0.1, 0.15) is 11.8 Å². The summed E-state index contributed by atoms with van der Waals surface area (Å²) in [6.45, 7) is 4.35. The zero-order valence-electron chi connectivity index (χ0n) is 19.9. The molecular formula is C25H28N4O5S. The van der Waals surface area contributed by atoms with Gasteiger partial charge in [0.05, 0.1) is 17.7 Å². The Bertz CT molecular complexity index is 1410. The number of carbonyl (C=O) groups excluding carboxylic acids is 1. The van der Waals surface area contributed by atoms with E-state index in [9.17, 15) is 18.0 Å². The molecule has 1 saturated heterocycles. The first-order valence-electron chi connectivity index (χ1n) is 11.4. The molecular weight excluding hydrogens is 468 g/mol. The van der Waals surface area contributed by atoms with Crippen LogP contribution in [0.5, 0.6) is 5.75 Å². The van der Waals surface area contributed by atoms with E-state index in [4.69, 9.17) is 4.74 Å². The van der Waals surface area contributed by atoms with Crippen LogP contribution < -0.4 is 15.6 Å². The Hall–Kier alpha value is -3.50. The third-order valence-corrected chi connectivity index (χ3v) is 8.12. The molecule has 3 aromatic rings. The second-order valence-electron chi connectivity index (χ2n) is 8.49. The highest BCUT2D eigenvalue weighted by atomic mass is 32.2. The molecule has 184 valence electrons. The first-order valence-corrected chi connectivity index (χ1v) is 12.8. The van der Waals surface area contributed by atoms with Crippen molar-refractivity contribution in [3.05, 3.63) is 70.5 Å². The topological polar surface area (TPSA) is 111 Å². The summed E-state index contributed by atoms with van der Waals surface area (Å²) >= 11 is 0. The van der Waals surface area contributed by atoms with Crippen LogP contribution in [0.25, 0.3) is 11.3 Å². The van der Waals surface area contributed by atoms with E-state index in [1.165, 1.54) is 23.5 Å². The molecule has 0 spiro atoms. The van der Waals surface area contributed by atoms with Gasteiger partial charge in [0, 0.05) is 36.5 Å². The number of carbonyl (C=O) groups is 1. The third kappa shape index (κ3) is 5.13. The summed E-state index contributed by atoms with van der Waals surface area (Å²) in [5.41, 5.74) is 1.66. The second kappa shape index (κ2) is 10.0. The number of aromatic nitrogens is 2. The van der Waals surface area contributed by atoms with Gasteiger partial charge in [0.25, 0.3) is 5.56 Å². The number of rotatable bonds is 7. The summed E-state index contributed by atoms with van der Waals surface area (Å²) in [7, 11) is -2.09. The van der Waals surface area contributed by atoms with Crippen molar-refractivity contribution in [2.45, 2.75) is 37.6 Å². The van der Waals surface area contributed by atoms with Crippen LogP contribution in [0, 0.1) is 6.92 Å². The van der Waals surface area contributed by atoms with Crippen molar-refractivity contribution >= 4 is 21.6 Å². The fourth-order valence-corrected chi connectivity index (χ4v) is 5.79. The van der Waals surface area contributed by atoms with Crippen LogP contribution in [-0.4, -0.2) is 48.6 Å². The maximum absolute atomic E-state index is 13.2. The fourth-order valence-electron chi connectivity index (χ4n) is 4.02. The average Bonchev–Trinajstić information content (AvgIpc) is 3.40. The van der Waals surface area contributed by atoms with E-state index < -0.39 is 27.5 Å². The smallest absolute Gasteiger partial charge is 0.267 e. The number of nitrogens with one attached hydrogen (secondary N) is 1. The molecule has 2 heterocycles. The van der Waals surface area contributed by atoms with E-state index in [1.54, 1.807) is 56.3 Å². The first-order chi connectivity index (χ1) is 16.7.